The quantitative estimate of drug-likeness (QED) is 0.916. The molecule has 0 saturated carbocycles. The molecule has 0 unspecified atom stereocenters. The van der Waals surface area contributed by atoms with Gasteiger partial charge in [0.05, 0.1) is 6.10 Å². The molecule has 0 aliphatic rings. The van der Waals surface area contributed by atoms with Crippen LogP contribution in [0.25, 0.3) is 10.8 Å². The van der Waals surface area contributed by atoms with Crippen LogP contribution in [0.1, 0.15) is 25.5 Å². The zero-order valence-corrected chi connectivity index (χ0v) is 11.2. The van der Waals surface area contributed by atoms with Crippen molar-refractivity contribution in [3.63, 3.8) is 0 Å². The van der Waals surface area contributed by atoms with Gasteiger partial charge in [-0.2, -0.15) is 13.2 Å². The van der Waals surface area contributed by atoms with E-state index in [0.29, 0.717) is 11.1 Å². The third-order valence-electron chi connectivity index (χ3n) is 2.94. The highest BCUT2D eigenvalue weighted by atomic mass is 19.4. The average Bonchev–Trinajstić information content (AvgIpc) is 2.36. The van der Waals surface area contributed by atoms with Gasteiger partial charge in [-0.25, -0.2) is 0 Å². The minimum Gasteiger partial charge on any atom is -0.490 e. The average molecular weight is 283 g/mol. The fraction of sp³-hybridized carbons (Fsp3) is 0.333. The van der Waals surface area contributed by atoms with Crippen LogP contribution < -0.4 is 10.5 Å². The Bertz CT molecular complexity index is 608. The first-order chi connectivity index (χ1) is 9.29. The lowest BCUT2D eigenvalue weighted by Crippen LogP contribution is -2.28. The number of benzene rings is 2. The summed E-state index contributed by atoms with van der Waals surface area (Å²) >= 11 is 0. The molecule has 0 bridgehead atoms. The monoisotopic (exact) mass is 283 g/mol. The summed E-state index contributed by atoms with van der Waals surface area (Å²) in [6.45, 7) is 3.79. The molecule has 1 atom stereocenters. The van der Waals surface area contributed by atoms with Gasteiger partial charge in [-0.3, -0.25) is 0 Å². The molecule has 20 heavy (non-hydrogen) atoms. The van der Waals surface area contributed by atoms with Gasteiger partial charge in [0, 0.05) is 5.39 Å². The van der Waals surface area contributed by atoms with Gasteiger partial charge in [0.1, 0.15) is 11.8 Å². The van der Waals surface area contributed by atoms with Crippen molar-refractivity contribution in [2.75, 3.05) is 0 Å². The number of hydrogen-bond donors (Lipinski definition) is 1. The molecule has 0 spiro atoms. The Morgan fingerprint density at radius 1 is 1.10 bits per heavy atom. The molecule has 0 aliphatic heterocycles. The summed E-state index contributed by atoms with van der Waals surface area (Å²) in [6.07, 6.45) is -4.45. The third kappa shape index (κ3) is 3.04. The minimum absolute atomic E-state index is 0.00212. The molecule has 2 N–H and O–H groups in total. The molecule has 0 radical (unpaired) electrons. The smallest absolute Gasteiger partial charge is 0.407 e. The van der Waals surface area contributed by atoms with Crippen molar-refractivity contribution in [3.8, 4) is 5.75 Å². The SMILES string of the molecule is CC(C)Oc1cccc2cc([C@H](N)C(F)(F)F)ccc12. The Morgan fingerprint density at radius 3 is 2.40 bits per heavy atom. The van der Waals surface area contributed by atoms with Crippen molar-refractivity contribution in [2.45, 2.75) is 32.2 Å². The number of alkyl halides is 3. The topological polar surface area (TPSA) is 35.2 Å². The molecule has 2 aromatic carbocycles. The van der Waals surface area contributed by atoms with E-state index in [1.165, 1.54) is 12.1 Å². The van der Waals surface area contributed by atoms with Crippen LogP contribution in [0.3, 0.4) is 0 Å². The molecule has 2 aromatic rings. The Labute approximate surface area is 115 Å². The molecule has 2 rings (SSSR count). The molecule has 0 amide bonds. The summed E-state index contributed by atoms with van der Waals surface area (Å²) in [5.41, 5.74) is 5.27. The van der Waals surface area contributed by atoms with Crippen LogP contribution in [-0.2, 0) is 0 Å². The van der Waals surface area contributed by atoms with E-state index in [1.54, 1.807) is 24.3 Å². The van der Waals surface area contributed by atoms with E-state index in [0.717, 1.165) is 5.39 Å². The molecule has 5 heteroatoms. The van der Waals surface area contributed by atoms with Crippen molar-refractivity contribution in [1.82, 2.24) is 0 Å². The Morgan fingerprint density at radius 2 is 1.80 bits per heavy atom. The molecule has 0 saturated heterocycles. The number of nitrogens with two attached hydrogens (primary N) is 1. The highest BCUT2D eigenvalue weighted by Gasteiger charge is 2.37. The van der Waals surface area contributed by atoms with Gasteiger partial charge < -0.3 is 10.5 Å². The minimum atomic E-state index is -4.44. The largest absolute Gasteiger partial charge is 0.490 e. The lowest BCUT2D eigenvalue weighted by atomic mass is 10.0. The van der Waals surface area contributed by atoms with Crippen LogP contribution in [0, 0.1) is 0 Å². The number of ether oxygens (including phenoxy) is 1. The summed E-state index contributed by atoms with van der Waals surface area (Å²) in [4.78, 5) is 0. The van der Waals surface area contributed by atoms with Crippen LogP contribution >= 0.6 is 0 Å². The highest BCUT2D eigenvalue weighted by Crippen LogP contribution is 2.34. The first-order valence-electron chi connectivity index (χ1n) is 6.30. The van der Waals surface area contributed by atoms with E-state index in [2.05, 4.69) is 0 Å². The van der Waals surface area contributed by atoms with Gasteiger partial charge in [-0.05, 0) is 36.9 Å². The van der Waals surface area contributed by atoms with Gasteiger partial charge in [-0.15, -0.1) is 0 Å². The second-order valence-corrected chi connectivity index (χ2v) is 4.92. The summed E-state index contributed by atoms with van der Waals surface area (Å²) in [5, 5.41) is 1.46. The maximum Gasteiger partial charge on any atom is 0.407 e. The van der Waals surface area contributed by atoms with Gasteiger partial charge in [0.2, 0.25) is 0 Å². The van der Waals surface area contributed by atoms with Crippen LogP contribution in [0.4, 0.5) is 13.2 Å². The zero-order valence-electron chi connectivity index (χ0n) is 11.2. The van der Waals surface area contributed by atoms with Gasteiger partial charge >= 0.3 is 6.18 Å². The molecular weight excluding hydrogens is 267 g/mol. The van der Waals surface area contributed by atoms with Crippen LogP contribution in [-0.4, -0.2) is 12.3 Å². The number of fused-ring (bicyclic) bond motifs is 1. The van der Waals surface area contributed by atoms with E-state index in [4.69, 9.17) is 10.5 Å². The Balaban J connectivity index is 2.46. The van der Waals surface area contributed by atoms with Crippen molar-refractivity contribution in [3.05, 3.63) is 42.0 Å². The molecule has 0 heterocycles. The standard InChI is InChI=1S/C15H16F3NO/c1-9(2)20-13-5-3-4-10-8-11(6-7-12(10)13)14(19)15(16,17)18/h3-9,14H,19H2,1-2H3/t14-/m0/s1. The summed E-state index contributed by atoms with van der Waals surface area (Å²) in [6, 6.07) is 7.80. The summed E-state index contributed by atoms with van der Waals surface area (Å²) in [7, 11) is 0. The van der Waals surface area contributed by atoms with Crippen molar-refractivity contribution >= 4 is 10.8 Å². The van der Waals surface area contributed by atoms with E-state index < -0.39 is 12.2 Å². The van der Waals surface area contributed by atoms with E-state index >= 15 is 0 Å². The van der Waals surface area contributed by atoms with Gasteiger partial charge in [0.25, 0.3) is 0 Å². The molecular formula is C15H16F3NO. The predicted octanol–water partition coefficient (Wildman–Crippen LogP) is 4.19. The lowest BCUT2D eigenvalue weighted by Gasteiger charge is -2.17. The summed E-state index contributed by atoms with van der Waals surface area (Å²) in [5.74, 6) is 0.657. The number of halogens is 3. The fourth-order valence-corrected chi connectivity index (χ4v) is 2.01. The maximum atomic E-state index is 12.6. The van der Waals surface area contributed by atoms with E-state index in [-0.39, 0.29) is 11.7 Å². The second-order valence-electron chi connectivity index (χ2n) is 4.92. The van der Waals surface area contributed by atoms with Crippen molar-refractivity contribution < 1.29 is 17.9 Å². The zero-order chi connectivity index (χ0) is 14.9. The van der Waals surface area contributed by atoms with E-state index in [9.17, 15) is 13.2 Å². The molecule has 0 aliphatic carbocycles. The first-order valence-corrected chi connectivity index (χ1v) is 6.30. The fourth-order valence-electron chi connectivity index (χ4n) is 2.01. The highest BCUT2D eigenvalue weighted by molar-refractivity contribution is 5.89. The normalized spacial score (nSPS) is 13.8. The van der Waals surface area contributed by atoms with Gasteiger partial charge in [0.15, 0.2) is 0 Å². The third-order valence-corrected chi connectivity index (χ3v) is 2.94. The Hall–Kier alpha value is -1.75. The van der Waals surface area contributed by atoms with Gasteiger partial charge in [-0.1, -0.05) is 24.3 Å². The Kier molecular flexibility index (Phi) is 3.90. The van der Waals surface area contributed by atoms with Crippen LogP contribution in [0.5, 0.6) is 5.75 Å². The molecule has 0 fully saturated rings. The molecule has 2 nitrogen and oxygen atoms in total. The lowest BCUT2D eigenvalue weighted by molar-refractivity contribution is -0.149. The molecule has 108 valence electrons. The second kappa shape index (κ2) is 5.32. The maximum absolute atomic E-state index is 12.6. The molecule has 0 aromatic heterocycles. The van der Waals surface area contributed by atoms with Crippen LogP contribution in [0.15, 0.2) is 36.4 Å². The van der Waals surface area contributed by atoms with Crippen molar-refractivity contribution in [1.29, 1.82) is 0 Å². The number of hydrogen-bond acceptors (Lipinski definition) is 2. The van der Waals surface area contributed by atoms with Crippen molar-refractivity contribution in [2.24, 2.45) is 5.73 Å². The summed E-state index contributed by atoms with van der Waals surface area (Å²) < 4.78 is 43.6. The van der Waals surface area contributed by atoms with E-state index in [1.807, 2.05) is 13.8 Å². The first kappa shape index (κ1) is 14.7. The predicted molar refractivity (Wildman–Crippen MR) is 72.7 cm³/mol. The number of rotatable bonds is 3. The van der Waals surface area contributed by atoms with Crippen LogP contribution in [0.2, 0.25) is 0 Å².